The van der Waals surface area contributed by atoms with Gasteiger partial charge in [0.25, 0.3) is 0 Å². The number of rotatable bonds is 7. The standard InChI is InChI=1S/C18H23N5O5S3/c24-17(12-29-18-21-19-13-30-18)20-15-11-14(31(25,26)23-5-9-28-10-6-23)1-2-16(15)22-3-7-27-8-4-22/h1-2,11,13H,3-10,12H2,(H,20,24). The zero-order valence-electron chi connectivity index (χ0n) is 16.7. The van der Waals surface area contributed by atoms with Gasteiger partial charge < -0.3 is 19.7 Å². The normalized spacial score (nSPS) is 18.1. The Morgan fingerprint density at radius 1 is 1.13 bits per heavy atom. The van der Waals surface area contributed by atoms with Crippen LogP contribution in [0.25, 0.3) is 0 Å². The summed E-state index contributed by atoms with van der Waals surface area (Å²) in [5.41, 5.74) is 2.86. The molecule has 1 aromatic heterocycles. The minimum Gasteiger partial charge on any atom is -0.379 e. The number of hydrogen-bond acceptors (Lipinski definition) is 10. The maximum absolute atomic E-state index is 13.1. The number of hydrogen-bond donors (Lipinski definition) is 1. The smallest absolute Gasteiger partial charge is 0.243 e. The van der Waals surface area contributed by atoms with Crippen molar-refractivity contribution in [3.63, 3.8) is 0 Å². The first kappa shape index (κ1) is 22.4. The van der Waals surface area contributed by atoms with E-state index < -0.39 is 10.0 Å². The van der Waals surface area contributed by atoms with Gasteiger partial charge in [-0.3, -0.25) is 4.79 Å². The first-order valence-corrected chi connectivity index (χ1v) is 13.1. The number of sulfonamides is 1. The lowest BCUT2D eigenvalue weighted by molar-refractivity contribution is -0.113. The van der Waals surface area contributed by atoms with E-state index in [-0.39, 0.29) is 16.6 Å². The molecule has 10 nitrogen and oxygen atoms in total. The second kappa shape index (κ2) is 10.2. The molecular formula is C18H23N5O5S3. The van der Waals surface area contributed by atoms with Gasteiger partial charge in [0, 0.05) is 26.2 Å². The Kier molecular flexibility index (Phi) is 7.40. The Balaban J connectivity index is 1.57. The van der Waals surface area contributed by atoms with Crippen molar-refractivity contribution >= 4 is 50.4 Å². The number of carbonyl (C=O) groups excluding carboxylic acids is 1. The van der Waals surface area contributed by atoms with Crippen LogP contribution in [0.15, 0.2) is 32.9 Å². The highest BCUT2D eigenvalue weighted by Crippen LogP contribution is 2.31. The Morgan fingerprint density at radius 2 is 1.84 bits per heavy atom. The SMILES string of the molecule is O=C(CSc1nncs1)Nc1cc(S(=O)(=O)N2CCOCC2)ccc1N1CCOCC1. The number of aromatic nitrogens is 2. The number of nitrogens with one attached hydrogen (secondary N) is 1. The molecule has 31 heavy (non-hydrogen) atoms. The summed E-state index contributed by atoms with van der Waals surface area (Å²) >= 11 is 2.65. The van der Waals surface area contributed by atoms with Crippen LogP contribution in [-0.4, -0.2) is 87.2 Å². The third kappa shape index (κ3) is 5.54. The Labute approximate surface area is 189 Å². The number of morpholine rings is 2. The number of nitrogens with zero attached hydrogens (tertiary/aromatic N) is 4. The van der Waals surface area contributed by atoms with Gasteiger partial charge in [0.05, 0.1) is 48.5 Å². The van der Waals surface area contributed by atoms with E-state index in [0.29, 0.717) is 62.6 Å². The van der Waals surface area contributed by atoms with E-state index in [4.69, 9.17) is 9.47 Å². The lowest BCUT2D eigenvalue weighted by Gasteiger charge is -2.31. The number of ether oxygens (including phenoxy) is 2. The van der Waals surface area contributed by atoms with Crippen LogP contribution < -0.4 is 10.2 Å². The van der Waals surface area contributed by atoms with Gasteiger partial charge in [-0.15, -0.1) is 10.2 Å². The average molecular weight is 486 g/mol. The zero-order chi connectivity index (χ0) is 21.7. The highest BCUT2D eigenvalue weighted by Gasteiger charge is 2.28. The first-order chi connectivity index (χ1) is 15.0. The summed E-state index contributed by atoms with van der Waals surface area (Å²) in [6.45, 7) is 3.86. The zero-order valence-corrected chi connectivity index (χ0v) is 19.2. The predicted octanol–water partition coefficient (Wildman–Crippen LogP) is 1.13. The molecule has 4 rings (SSSR count). The second-order valence-corrected chi connectivity index (χ2v) is 10.8. The summed E-state index contributed by atoms with van der Waals surface area (Å²) in [7, 11) is -3.68. The Hall–Kier alpha value is -1.77. The summed E-state index contributed by atoms with van der Waals surface area (Å²) in [5.74, 6) is -0.0892. The maximum atomic E-state index is 13.1. The van der Waals surface area contributed by atoms with Gasteiger partial charge in [-0.2, -0.15) is 4.31 Å². The number of amides is 1. The van der Waals surface area contributed by atoms with Gasteiger partial charge in [-0.25, -0.2) is 8.42 Å². The molecule has 1 N–H and O–H groups in total. The third-order valence-electron chi connectivity index (χ3n) is 4.87. The summed E-state index contributed by atoms with van der Waals surface area (Å²) in [5, 5.41) is 10.6. The van der Waals surface area contributed by atoms with Gasteiger partial charge in [0.2, 0.25) is 15.9 Å². The lowest BCUT2D eigenvalue weighted by atomic mass is 10.2. The lowest BCUT2D eigenvalue weighted by Crippen LogP contribution is -2.40. The second-order valence-electron chi connectivity index (χ2n) is 6.84. The minimum atomic E-state index is -3.68. The monoisotopic (exact) mass is 485 g/mol. The molecule has 1 amide bonds. The van der Waals surface area contributed by atoms with Crippen molar-refractivity contribution in [1.29, 1.82) is 0 Å². The van der Waals surface area contributed by atoms with Gasteiger partial charge in [0.15, 0.2) is 4.34 Å². The van der Waals surface area contributed by atoms with Crippen molar-refractivity contribution in [1.82, 2.24) is 14.5 Å². The van der Waals surface area contributed by atoms with Crippen molar-refractivity contribution in [2.24, 2.45) is 0 Å². The number of thioether (sulfide) groups is 1. The summed E-state index contributed by atoms with van der Waals surface area (Å²) in [6.07, 6.45) is 0. The molecule has 2 aliphatic heterocycles. The summed E-state index contributed by atoms with van der Waals surface area (Å²) in [6, 6.07) is 4.90. The van der Waals surface area contributed by atoms with Gasteiger partial charge in [-0.1, -0.05) is 23.1 Å². The highest BCUT2D eigenvalue weighted by atomic mass is 32.2. The van der Waals surface area contributed by atoms with E-state index in [1.807, 2.05) is 0 Å². The molecule has 0 spiro atoms. The van der Waals surface area contributed by atoms with E-state index in [9.17, 15) is 13.2 Å². The van der Waals surface area contributed by atoms with Crippen molar-refractivity contribution < 1.29 is 22.7 Å². The molecule has 2 aromatic rings. The topological polar surface area (TPSA) is 114 Å². The molecule has 2 fully saturated rings. The first-order valence-electron chi connectivity index (χ1n) is 9.77. The van der Waals surface area contributed by atoms with E-state index in [2.05, 4.69) is 20.4 Å². The molecule has 0 aliphatic carbocycles. The van der Waals surface area contributed by atoms with Crippen LogP contribution in [0.3, 0.4) is 0 Å². The molecule has 1 aromatic carbocycles. The number of anilines is 2. The van der Waals surface area contributed by atoms with Crippen LogP contribution in [0, 0.1) is 0 Å². The van der Waals surface area contributed by atoms with E-state index in [0.717, 1.165) is 5.69 Å². The van der Waals surface area contributed by atoms with Gasteiger partial charge in [0.1, 0.15) is 5.51 Å². The van der Waals surface area contributed by atoms with Gasteiger partial charge in [-0.05, 0) is 18.2 Å². The largest absolute Gasteiger partial charge is 0.379 e. The third-order valence-corrected chi connectivity index (χ3v) is 8.62. The molecule has 168 valence electrons. The molecule has 13 heteroatoms. The van der Waals surface area contributed by atoms with Crippen LogP contribution in [0.1, 0.15) is 0 Å². The van der Waals surface area contributed by atoms with E-state index >= 15 is 0 Å². The predicted molar refractivity (Wildman–Crippen MR) is 118 cm³/mol. The summed E-state index contributed by atoms with van der Waals surface area (Å²) in [4.78, 5) is 14.8. The highest BCUT2D eigenvalue weighted by molar-refractivity contribution is 8.01. The number of benzene rings is 1. The van der Waals surface area contributed by atoms with E-state index in [1.54, 1.807) is 23.7 Å². The molecule has 2 aliphatic rings. The van der Waals surface area contributed by atoms with Crippen LogP contribution in [-0.2, 0) is 24.3 Å². The quantitative estimate of drug-likeness (QED) is 0.576. The van der Waals surface area contributed by atoms with Crippen LogP contribution in [0.2, 0.25) is 0 Å². The van der Waals surface area contributed by atoms with Crippen molar-refractivity contribution in [2.45, 2.75) is 9.24 Å². The Bertz CT molecular complexity index is 990. The van der Waals surface area contributed by atoms with Crippen LogP contribution in [0.5, 0.6) is 0 Å². The molecule has 0 saturated carbocycles. The maximum Gasteiger partial charge on any atom is 0.243 e. The molecular weight excluding hydrogens is 462 g/mol. The molecule has 0 atom stereocenters. The minimum absolute atomic E-state index is 0.151. The fourth-order valence-corrected chi connectivity index (χ4v) is 6.05. The van der Waals surface area contributed by atoms with Crippen molar-refractivity contribution in [3.05, 3.63) is 23.7 Å². The number of carbonyl (C=O) groups is 1. The van der Waals surface area contributed by atoms with Crippen LogP contribution >= 0.6 is 23.1 Å². The average Bonchev–Trinajstić information content (AvgIpc) is 3.33. The Morgan fingerprint density at radius 3 is 2.52 bits per heavy atom. The molecule has 0 bridgehead atoms. The molecule has 2 saturated heterocycles. The summed E-state index contributed by atoms with van der Waals surface area (Å²) < 4.78 is 39.0. The fourth-order valence-electron chi connectivity index (χ4n) is 3.33. The fraction of sp³-hybridized carbons (Fsp3) is 0.500. The molecule has 3 heterocycles. The molecule has 0 unspecified atom stereocenters. The van der Waals surface area contributed by atoms with E-state index in [1.165, 1.54) is 27.4 Å². The molecule has 0 radical (unpaired) electrons. The van der Waals surface area contributed by atoms with Crippen molar-refractivity contribution in [3.8, 4) is 0 Å². The van der Waals surface area contributed by atoms with Crippen molar-refractivity contribution in [2.75, 3.05) is 68.6 Å². The van der Waals surface area contributed by atoms with Crippen LogP contribution in [0.4, 0.5) is 11.4 Å². The van der Waals surface area contributed by atoms with Gasteiger partial charge >= 0.3 is 0 Å².